The molecule has 0 unspecified atom stereocenters. The van der Waals surface area contributed by atoms with Crippen LogP contribution in [-0.2, 0) is 0 Å². The second kappa shape index (κ2) is 7.20. The van der Waals surface area contributed by atoms with Gasteiger partial charge in [-0.2, -0.15) is 11.8 Å². The average molecular weight is 323 g/mol. The molecule has 88 valence electrons. The third-order valence-electron chi connectivity index (χ3n) is 1.99. The van der Waals surface area contributed by atoms with E-state index < -0.39 is 0 Å². The van der Waals surface area contributed by atoms with Crippen molar-refractivity contribution in [3.63, 3.8) is 0 Å². The third-order valence-corrected chi connectivity index (χ3v) is 3.57. The highest BCUT2D eigenvalue weighted by Crippen LogP contribution is 2.21. The number of hydrogen-bond donors (Lipinski definition) is 1. The highest BCUT2D eigenvalue weighted by Gasteiger charge is 2.09. The summed E-state index contributed by atoms with van der Waals surface area (Å²) in [6.45, 7) is 0.703. The van der Waals surface area contributed by atoms with Crippen LogP contribution in [0.2, 0.25) is 5.02 Å². The monoisotopic (exact) mass is 321 g/mol. The van der Waals surface area contributed by atoms with Crippen molar-refractivity contribution in [3.05, 3.63) is 33.3 Å². The summed E-state index contributed by atoms with van der Waals surface area (Å²) in [5, 5.41) is 3.49. The van der Waals surface area contributed by atoms with Gasteiger partial charge in [-0.15, -0.1) is 0 Å². The Balaban J connectivity index is 2.53. The summed E-state index contributed by atoms with van der Waals surface area (Å²) in [7, 11) is 0. The third kappa shape index (κ3) is 4.36. The summed E-state index contributed by atoms with van der Waals surface area (Å²) in [5.74, 6) is 0.992. The Morgan fingerprint density at radius 3 is 2.94 bits per heavy atom. The van der Waals surface area contributed by atoms with E-state index in [2.05, 4.69) is 27.5 Å². The summed E-state index contributed by atoms with van der Waals surface area (Å²) < 4.78 is 0.724. The lowest BCUT2D eigenvalue weighted by atomic mass is 10.2. The van der Waals surface area contributed by atoms with Gasteiger partial charge < -0.3 is 5.32 Å². The van der Waals surface area contributed by atoms with E-state index >= 15 is 0 Å². The fourth-order valence-electron chi connectivity index (χ4n) is 1.19. The van der Waals surface area contributed by atoms with Gasteiger partial charge in [-0.3, -0.25) is 4.79 Å². The molecule has 5 heteroatoms. The van der Waals surface area contributed by atoms with E-state index in [0.717, 1.165) is 16.6 Å². The molecule has 0 radical (unpaired) electrons. The molecule has 0 saturated carbocycles. The SMILES string of the molecule is CSCCCNC(=O)c1ccc(Cl)cc1Br. The first kappa shape index (κ1) is 13.9. The zero-order valence-electron chi connectivity index (χ0n) is 8.93. The summed E-state index contributed by atoms with van der Waals surface area (Å²) in [4.78, 5) is 11.7. The van der Waals surface area contributed by atoms with Crippen LogP contribution in [-0.4, -0.2) is 24.5 Å². The first-order valence-electron chi connectivity index (χ1n) is 4.87. The van der Waals surface area contributed by atoms with Gasteiger partial charge >= 0.3 is 0 Å². The lowest BCUT2D eigenvalue weighted by molar-refractivity contribution is 0.0953. The van der Waals surface area contributed by atoms with Gasteiger partial charge in [-0.05, 0) is 52.6 Å². The Labute approximate surface area is 113 Å². The maximum Gasteiger partial charge on any atom is 0.252 e. The zero-order valence-corrected chi connectivity index (χ0v) is 12.1. The minimum absolute atomic E-state index is 0.0651. The molecule has 0 aromatic heterocycles. The van der Waals surface area contributed by atoms with Gasteiger partial charge in [-0.25, -0.2) is 0 Å². The molecule has 0 bridgehead atoms. The second-order valence-electron chi connectivity index (χ2n) is 3.23. The van der Waals surface area contributed by atoms with Gasteiger partial charge in [-0.1, -0.05) is 11.6 Å². The van der Waals surface area contributed by atoms with Gasteiger partial charge in [0.05, 0.1) is 5.56 Å². The summed E-state index contributed by atoms with van der Waals surface area (Å²) in [6, 6.07) is 5.15. The standard InChI is InChI=1S/C11H13BrClNOS/c1-16-6-2-5-14-11(15)9-4-3-8(13)7-10(9)12/h3-4,7H,2,5-6H2,1H3,(H,14,15). The molecule has 0 spiro atoms. The van der Waals surface area contributed by atoms with Crippen molar-refractivity contribution in [2.45, 2.75) is 6.42 Å². The lowest BCUT2D eigenvalue weighted by Gasteiger charge is -2.06. The van der Waals surface area contributed by atoms with E-state index in [1.807, 2.05) is 0 Å². The number of carbonyl (C=O) groups is 1. The second-order valence-corrected chi connectivity index (χ2v) is 5.50. The number of carbonyl (C=O) groups excluding carboxylic acids is 1. The smallest absolute Gasteiger partial charge is 0.252 e. The van der Waals surface area contributed by atoms with Crippen LogP contribution in [0, 0.1) is 0 Å². The molecule has 0 aliphatic heterocycles. The topological polar surface area (TPSA) is 29.1 Å². The Morgan fingerprint density at radius 1 is 1.56 bits per heavy atom. The molecule has 0 aliphatic carbocycles. The van der Waals surface area contributed by atoms with Crippen LogP contribution >= 0.6 is 39.3 Å². The van der Waals surface area contributed by atoms with Crippen LogP contribution in [0.15, 0.2) is 22.7 Å². The quantitative estimate of drug-likeness (QED) is 0.840. The van der Waals surface area contributed by atoms with Gasteiger partial charge in [0, 0.05) is 16.0 Å². The number of hydrogen-bond acceptors (Lipinski definition) is 2. The van der Waals surface area contributed by atoms with Crippen molar-refractivity contribution < 1.29 is 4.79 Å². The molecule has 1 N–H and O–H groups in total. The number of nitrogens with one attached hydrogen (secondary N) is 1. The van der Waals surface area contributed by atoms with Crippen LogP contribution in [0.3, 0.4) is 0 Å². The first-order valence-corrected chi connectivity index (χ1v) is 7.44. The number of rotatable bonds is 5. The van der Waals surface area contributed by atoms with Crippen molar-refractivity contribution in [1.82, 2.24) is 5.32 Å². The maximum absolute atomic E-state index is 11.7. The van der Waals surface area contributed by atoms with E-state index in [9.17, 15) is 4.79 Å². The lowest BCUT2D eigenvalue weighted by Crippen LogP contribution is -2.25. The molecule has 1 rings (SSSR count). The van der Waals surface area contributed by atoms with Crippen LogP contribution in [0.25, 0.3) is 0 Å². The predicted octanol–water partition coefficient (Wildman–Crippen LogP) is 3.59. The van der Waals surface area contributed by atoms with Crippen LogP contribution in [0.4, 0.5) is 0 Å². The van der Waals surface area contributed by atoms with E-state index in [0.29, 0.717) is 17.1 Å². The molecule has 0 aliphatic rings. The largest absolute Gasteiger partial charge is 0.352 e. The molecule has 0 atom stereocenters. The number of amides is 1. The number of halogens is 2. The van der Waals surface area contributed by atoms with Crippen molar-refractivity contribution in [1.29, 1.82) is 0 Å². The van der Waals surface area contributed by atoms with Gasteiger partial charge in [0.25, 0.3) is 5.91 Å². The molecule has 1 amide bonds. The fourth-order valence-corrected chi connectivity index (χ4v) is 2.48. The highest BCUT2D eigenvalue weighted by atomic mass is 79.9. The molecule has 1 aromatic carbocycles. The van der Waals surface area contributed by atoms with E-state index in [-0.39, 0.29) is 5.91 Å². The molecular weight excluding hydrogens is 310 g/mol. The first-order chi connectivity index (χ1) is 7.65. The molecule has 2 nitrogen and oxygen atoms in total. The number of benzene rings is 1. The summed E-state index contributed by atoms with van der Waals surface area (Å²) >= 11 is 10.9. The molecule has 1 aromatic rings. The van der Waals surface area contributed by atoms with E-state index in [4.69, 9.17) is 11.6 Å². The highest BCUT2D eigenvalue weighted by molar-refractivity contribution is 9.10. The summed E-state index contributed by atoms with van der Waals surface area (Å²) in [6.07, 6.45) is 3.04. The van der Waals surface area contributed by atoms with E-state index in [1.54, 1.807) is 30.0 Å². The van der Waals surface area contributed by atoms with E-state index in [1.165, 1.54) is 0 Å². The van der Waals surface area contributed by atoms with Crippen molar-refractivity contribution in [2.24, 2.45) is 0 Å². The molecule has 0 heterocycles. The number of thioether (sulfide) groups is 1. The van der Waals surface area contributed by atoms with Gasteiger partial charge in [0.1, 0.15) is 0 Å². The van der Waals surface area contributed by atoms with Gasteiger partial charge in [0.15, 0.2) is 0 Å². The van der Waals surface area contributed by atoms with Gasteiger partial charge in [0.2, 0.25) is 0 Å². The average Bonchev–Trinajstić information content (AvgIpc) is 2.24. The Morgan fingerprint density at radius 2 is 2.31 bits per heavy atom. The Bertz CT molecular complexity index is 373. The van der Waals surface area contributed by atoms with Crippen molar-refractivity contribution >= 4 is 45.2 Å². The Hall–Kier alpha value is -0.190. The minimum Gasteiger partial charge on any atom is -0.352 e. The molecular formula is C11H13BrClNOS. The predicted molar refractivity (Wildman–Crippen MR) is 74.5 cm³/mol. The fraction of sp³-hybridized carbons (Fsp3) is 0.364. The molecule has 0 saturated heterocycles. The van der Waals surface area contributed by atoms with Crippen LogP contribution in [0.1, 0.15) is 16.8 Å². The van der Waals surface area contributed by atoms with Crippen molar-refractivity contribution in [3.8, 4) is 0 Å². The van der Waals surface area contributed by atoms with Crippen LogP contribution < -0.4 is 5.32 Å². The maximum atomic E-state index is 11.7. The Kier molecular flexibility index (Phi) is 6.24. The minimum atomic E-state index is -0.0651. The molecule has 16 heavy (non-hydrogen) atoms. The molecule has 0 fully saturated rings. The normalized spacial score (nSPS) is 10.2. The van der Waals surface area contributed by atoms with Crippen LogP contribution in [0.5, 0.6) is 0 Å². The summed E-state index contributed by atoms with van der Waals surface area (Å²) in [5.41, 5.74) is 0.619. The van der Waals surface area contributed by atoms with Crippen molar-refractivity contribution in [2.75, 3.05) is 18.6 Å². The zero-order chi connectivity index (χ0) is 12.0.